The Bertz CT molecular complexity index is 1200. The SMILES string of the molecule is CC(c1cccc(S(N)(=O)=O)c1)N(C)C(=O)c1cc(C2CC2)nc2ccccc12. The van der Waals surface area contributed by atoms with Crippen LogP contribution in [-0.2, 0) is 10.0 Å². The van der Waals surface area contributed by atoms with E-state index in [9.17, 15) is 13.2 Å². The zero-order valence-electron chi connectivity index (χ0n) is 16.4. The quantitative estimate of drug-likeness (QED) is 0.697. The molecule has 2 N–H and O–H groups in total. The minimum Gasteiger partial charge on any atom is -0.335 e. The third-order valence-corrected chi connectivity index (χ3v) is 6.44. The highest BCUT2D eigenvalue weighted by atomic mass is 32.2. The van der Waals surface area contributed by atoms with Crippen molar-refractivity contribution in [2.75, 3.05) is 7.05 Å². The third-order valence-electron chi connectivity index (χ3n) is 5.53. The summed E-state index contributed by atoms with van der Waals surface area (Å²) in [5, 5.41) is 6.07. The van der Waals surface area contributed by atoms with Crippen LogP contribution < -0.4 is 5.14 Å². The van der Waals surface area contributed by atoms with Gasteiger partial charge in [-0.15, -0.1) is 0 Å². The predicted molar refractivity (Wildman–Crippen MR) is 112 cm³/mol. The number of primary sulfonamides is 1. The number of hydrogen-bond donors (Lipinski definition) is 1. The molecule has 1 atom stereocenters. The van der Waals surface area contributed by atoms with Crippen molar-refractivity contribution in [2.24, 2.45) is 5.14 Å². The van der Waals surface area contributed by atoms with Crippen molar-refractivity contribution in [1.82, 2.24) is 9.88 Å². The predicted octanol–water partition coefficient (Wildman–Crippen LogP) is 3.59. The summed E-state index contributed by atoms with van der Waals surface area (Å²) in [6.45, 7) is 1.87. The lowest BCUT2D eigenvalue weighted by Crippen LogP contribution is -2.30. The van der Waals surface area contributed by atoms with E-state index in [-0.39, 0.29) is 16.8 Å². The van der Waals surface area contributed by atoms with Gasteiger partial charge in [0.2, 0.25) is 10.0 Å². The monoisotopic (exact) mass is 409 g/mol. The van der Waals surface area contributed by atoms with Gasteiger partial charge in [-0.2, -0.15) is 0 Å². The van der Waals surface area contributed by atoms with Crippen LogP contribution in [0.4, 0.5) is 0 Å². The highest BCUT2D eigenvalue weighted by Gasteiger charge is 2.28. The summed E-state index contributed by atoms with van der Waals surface area (Å²) < 4.78 is 23.4. The molecular formula is C22H23N3O3S. The summed E-state index contributed by atoms with van der Waals surface area (Å²) in [5.41, 5.74) is 3.10. The first kappa shape index (κ1) is 19.5. The lowest BCUT2D eigenvalue weighted by atomic mass is 10.0. The van der Waals surface area contributed by atoms with Gasteiger partial charge in [-0.25, -0.2) is 13.6 Å². The molecule has 3 aromatic rings. The fourth-order valence-electron chi connectivity index (χ4n) is 3.50. The number of sulfonamides is 1. The molecule has 0 radical (unpaired) electrons. The second-order valence-corrected chi connectivity index (χ2v) is 9.16. The number of para-hydroxylation sites is 1. The molecule has 0 bridgehead atoms. The highest BCUT2D eigenvalue weighted by Crippen LogP contribution is 2.40. The van der Waals surface area contributed by atoms with Crippen molar-refractivity contribution >= 4 is 26.8 Å². The minimum atomic E-state index is -3.81. The number of aromatic nitrogens is 1. The van der Waals surface area contributed by atoms with E-state index < -0.39 is 10.0 Å². The van der Waals surface area contributed by atoms with Crippen LogP contribution in [0.3, 0.4) is 0 Å². The molecule has 29 heavy (non-hydrogen) atoms. The molecule has 7 heteroatoms. The van der Waals surface area contributed by atoms with E-state index in [0.717, 1.165) is 29.4 Å². The Morgan fingerprint density at radius 3 is 2.55 bits per heavy atom. The van der Waals surface area contributed by atoms with Gasteiger partial charge in [0.15, 0.2) is 0 Å². The lowest BCUT2D eigenvalue weighted by Gasteiger charge is -2.26. The smallest absolute Gasteiger partial charge is 0.254 e. The average molecular weight is 410 g/mol. The van der Waals surface area contributed by atoms with Gasteiger partial charge in [0.1, 0.15) is 0 Å². The van der Waals surface area contributed by atoms with Crippen molar-refractivity contribution in [3.8, 4) is 0 Å². The summed E-state index contributed by atoms with van der Waals surface area (Å²) >= 11 is 0. The Morgan fingerprint density at radius 2 is 1.86 bits per heavy atom. The van der Waals surface area contributed by atoms with Crippen LogP contribution in [0.2, 0.25) is 0 Å². The van der Waals surface area contributed by atoms with Gasteiger partial charge >= 0.3 is 0 Å². The first-order valence-electron chi connectivity index (χ1n) is 9.55. The number of benzene rings is 2. The Labute approximate surface area is 170 Å². The van der Waals surface area contributed by atoms with E-state index >= 15 is 0 Å². The Morgan fingerprint density at radius 1 is 1.14 bits per heavy atom. The third kappa shape index (κ3) is 3.88. The van der Waals surface area contributed by atoms with E-state index in [4.69, 9.17) is 10.1 Å². The number of fused-ring (bicyclic) bond motifs is 1. The zero-order valence-corrected chi connectivity index (χ0v) is 17.2. The van der Waals surface area contributed by atoms with Crippen LogP contribution in [0.25, 0.3) is 10.9 Å². The fourth-order valence-corrected chi connectivity index (χ4v) is 4.07. The second kappa shape index (κ2) is 7.24. The molecule has 0 saturated heterocycles. The molecule has 1 fully saturated rings. The fraction of sp³-hybridized carbons (Fsp3) is 0.273. The summed E-state index contributed by atoms with van der Waals surface area (Å²) in [6.07, 6.45) is 2.21. The van der Waals surface area contributed by atoms with Crippen LogP contribution >= 0.6 is 0 Å². The minimum absolute atomic E-state index is 0.0353. The molecule has 1 aromatic heterocycles. The molecule has 150 valence electrons. The van der Waals surface area contributed by atoms with Gasteiger partial charge in [-0.1, -0.05) is 30.3 Å². The summed E-state index contributed by atoms with van der Waals surface area (Å²) in [4.78, 5) is 19.8. The standard InChI is InChI=1S/C22H23N3O3S/c1-14(16-6-5-7-17(12-16)29(23,27)28)25(2)22(26)19-13-21(15-10-11-15)24-20-9-4-3-8-18(19)20/h3-9,12-15H,10-11H2,1-2H3,(H2,23,27,28). The highest BCUT2D eigenvalue weighted by molar-refractivity contribution is 7.89. The lowest BCUT2D eigenvalue weighted by molar-refractivity contribution is 0.0744. The number of rotatable bonds is 5. The Kier molecular flexibility index (Phi) is 4.88. The molecular weight excluding hydrogens is 386 g/mol. The average Bonchev–Trinajstić information content (AvgIpc) is 3.56. The van der Waals surface area contributed by atoms with Gasteiger partial charge in [0.05, 0.1) is 22.0 Å². The number of amides is 1. The zero-order chi connectivity index (χ0) is 20.8. The van der Waals surface area contributed by atoms with E-state index in [1.54, 1.807) is 24.1 Å². The molecule has 1 heterocycles. The van der Waals surface area contributed by atoms with Crippen molar-refractivity contribution in [3.05, 3.63) is 71.4 Å². The van der Waals surface area contributed by atoms with Gasteiger partial charge in [0, 0.05) is 24.0 Å². The largest absolute Gasteiger partial charge is 0.335 e. The molecule has 1 amide bonds. The molecule has 1 saturated carbocycles. The van der Waals surface area contributed by atoms with Crippen molar-refractivity contribution < 1.29 is 13.2 Å². The molecule has 6 nitrogen and oxygen atoms in total. The summed E-state index contributed by atoms with van der Waals surface area (Å²) in [6, 6.07) is 15.6. The van der Waals surface area contributed by atoms with Gasteiger partial charge < -0.3 is 4.90 Å². The van der Waals surface area contributed by atoms with Crippen LogP contribution in [0.5, 0.6) is 0 Å². The number of hydrogen-bond acceptors (Lipinski definition) is 4. The van der Waals surface area contributed by atoms with Gasteiger partial charge in [0.25, 0.3) is 5.91 Å². The maximum atomic E-state index is 13.4. The van der Waals surface area contributed by atoms with Gasteiger partial charge in [-0.05, 0) is 49.6 Å². The first-order valence-corrected chi connectivity index (χ1v) is 11.1. The van der Waals surface area contributed by atoms with Crippen LogP contribution in [-0.4, -0.2) is 31.3 Å². The van der Waals surface area contributed by atoms with E-state index in [0.29, 0.717) is 17.0 Å². The molecule has 0 spiro atoms. The topological polar surface area (TPSA) is 93.4 Å². The molecule has 2 aromatic carbocycles. The Hall–Kier alpha value is -2.77. The molecule has 1 unspecified atom stereocenters. The summed E-state index contributed by atoms with van der Waals surface area (Å²) in [7, 11) is -2.08. The maximum absolute atomic E-state index is 13.4. The van der Waals surface area contributed by atoms with E-state index in [1.165, 1.54) is 12.1 Å². The molecule has 1 aliphatic rings. The van der Waals surface area contributed by atoms with Crippen molar-refractivity contribution in [3.63, 3.8) is 0 Å². The van der Waals surface area contributed by atoms with Crippen LogP contribution in [0, 0.1) is 0 Å². The Balaban J connectivity index is 1.71. The van der Waals surface area contributed by atoms with Crippen molar-refractivity contribution in [1.29, 1.82) is 0 Å². The van der Waals surface area contributed by atoms with Crippen LogP contribution in [0.15, 0.2) is 59.5 Å². The number of pyridine rings is 1. The first-order chi connectivity index (χ1) is 13.8. The van der Waals surface area contributed by atoms with E-state index in [1.807, 2.05) is 37.3 Å². The van der Waals surface area contributed by atoms with Crippen LogP contribution in [0.1, 0.15) is 53.3 Å². The normalized spacial score (nSPS) is 15.3. The number of carbonyl (C=O) groups is 1. The number of nitrogens with two attached hydrogens (primary N) is 1. The molecule has 1 aliphatic carbocycles. The van der Waals surface area contributed by atoms with Gasteiger partial charge in [-0.3, -0.25) is 9.78 Å². The maximum Gasteiger partial charge on any atom is 0.254 e. The molecule has 0 aliphatic heterocycles. The number of carbonyl (C=O) groups excluding carboxylic acids is 1. The van der Waals surface area contributed by atoms with Crippen molar-refractivity contribution in [2.45, 2.75) is 36.6 Å². The second-order valence-electron chi connectivity index (χ2n) is 7.60. The van der Waals surface area contributed by atoms with E-state index in [2.05, 4.69) is 0 Å². The molecule has 4 rings (SSSR count). The summed E-state index contributed by atoms with van der Waals surface area (Å²) in [5.74, 6) is 0.305. The number of nitrogens with zero attached hydrogens (tertiary/aromatic N) is 2.